The van der Waals surface area contributed by atoms with Crippen molar-refractivity contribution in [3.8, 4) is 0 Å². The number of carbonyl (C=O) groups is 1. The molecule has 0 spiro atoms. The average molecular weight is 240 g/mol. The summed E-state index contributed by atoms with van der Waals surface area (Å²) in [6, 6.07) is 0.0668. The number of carbonyl (C=O) groups excluding carboxylic acids is 1. The Bertz CT molecular complexity index is 361. The summed E-state index contributed by atoms with van der Waals surface area (Å²) in [5, 5.41) is 10.5. The number of amides is 1. The topological polar surface area (TPSA) is 89.1 Å². The minimum absolute atomic E-state index is 0.0668. The van der Waals surface area contributed by atoms with Crippen molar-refractivity contribution in [1.82, 2.24) is 25.2 Å². The van der Waals surface area contributed by atoms with Crippen molar-refractivity contribution < 1.29 is 4.79 Å². The monoisotopic (exact) mass is 240 g/mol. The van der Waals surface area contributed by atoms with Gasteiger partial charge < -0.3 is 16.0 Å². The lowest BCUT2D eigenvalue weighted by Crippen LogP contribution is -2.39. The molecule has 1 unspecified atom stereocenters. The lowest BCUT2D eigenvalue weighted by Gasteiger charge is -2.17. The second kappa shape index (κ2) is 6.31. The molecule has 7 heteroatoms. The van der Waals surface area contributed by atoms with Crippen LogP contribution in [0.1, 0.15) is 17.4 Å². The van der Waals surface area contributed by atoms with Crippen LogP contribution in [0, 0.1) is 0 Å². The van der Waals surface area contributed by atoms with E-state index in [1.165, 1.54) is 0 Å². The summed E-state index contributed by atoms with van der Waals surface area (Å²) in [5.41, 5.74) is 5.71. The molecule has 1 heterocycles. The summed E-state index contributed by atoms with van der Waals surface area (Å²) in [6.07, 6.45) is 1.60. The van der Waals surface area contributed by atoms with Gasteiger partial charge in [-0.2, -0.15) is 0 Å². The first-order valence-corrected chi connectivity index (χ1v) is 5.58. The number of likely N-dealkylation sites (N-methyl/N-ethyl adjacent to an activating group) is 1. The van der Waals surface area contributed by atoms with Crippen molar-refractivity contribution in [2.24, 2.45) is 5.73 Å². The Balaban J connectivity index is 2.51. The van der Waals surface area contributed by atoms with E-state index >= 15 is 0 Å². The Morgan fingerprint density at radius 1 is 1.65 bits per heavy atom. The average Bonchev–Trinajstić information content (AvgIpc) is 2.65. The molecule has 0 saturated carbocycles. The van der Waals surface area contributed by atoms with Crippen molar-refractivity contribution in [2.45, 2.75) is 19.5 Å². The van der Waals surface area contributed by atoms with Gasteiger partial charge >= 0.3 is 0 Å². The van der Waals surface area contributed by atoms with Crippen LogP contribution in [0.2, 0.25) is 0 Å². The molecular formula is C10H20N6O. The highest BCUT2D eigenvalue weighted by Crippen LogP contribution is 1.95. The fourth-order valence-electron chi connectivity index (χ4n) is 1.54. The first-order chi connectivity index (χ1) is 8.02. The lowest BCUT2D eigenvalue weighted by molar-refractivity contribution is 0.0929. The molecular weight excluding hydrogens is 220 g/mol. The van der Waals surface area contributed by atoms with Crippen LogP contribution in [0.5, 0.6) is 0 Å². The number of rotatable bonds is 6. The van der Waals surface area contributed by atoms with Crippen molar-refractivity contribution >= 4 is 5.91 Å². The number of hydrogen-bond acceptors (Lipinski definition) is 5. The fraction of sp³-hybridized carbons (Fsp3) is 0.700. The first kappa shape index (κ1) is 13.6. The van der Waals surface area contributed by atoms with E-state index in [0.29, 0.717) is 18.8 Å². The van der Waals surface area contributed by atoms with Crippen molar-refractivity contribution in [3.05, 3.63) is 11.9 Å². The summed E-state index contributed by atoms with van der Waals surface area (Å²) in [6.45, 7) is 3.76. The third-order valence-electron chi connectivity index (χ3n) is 2.15. The van der Waals surface area contributed by atoms with Crippen LogP contribution in [0.4, 0.5) is 0 Å². The van der Waals surface area contributed by atoms with Crippen molar-refractivity contribution in [1.29, 1.82) is 0 Å². The van der Waals surface area contributed by atoms with E-state index in [1.807, 2.05) is 25.9 Å². The highest BCUT2D eigenvalue weighted by molar-refractivity contribution is 5.92. The van der Waals surface area contributed by atoms with E-state index in [4.69, 9.17) is 5.73 Å². The zero-order valence-electron chi connectivity index (χ0n) is 10.6. The Morgan fingerprint density at radius 3 is 2.94 bits per heavy atom. The molecule has 0 aliphatic heterocycles. The van der Waals surface area contributed by atoms with Gasteiger partial charge in [-0.1, -0.05) is 5.21 Å². The molecule has 0 radical (unpaired) electrons. The molecule has 1 atom stereocenters. The molecule has 0 fully saturated rings. The lowest BCUT2D eigenvalue weighted by atomic mass is 10.3. The Labute approximate surface area is 101 Å². The summed E-state index contributed by atoms with van der Waals surface area (Å²) >= 11 is 0. The van der Waals surface area contributed by atoms with Gasteiger partial charge in [-0.15, -0.1) is 5.10 Å². The Morgan fingerprint density at radius 2 is 2.35 bits per heavy atom. The second-order valence-corrected chi connectivity index (χ2v) is 4.29. The van der Waals surface area contributed by atoms with E-state index in [9.17, 15) is 4.79 Å². The summed E-state index contributed by atoms with van der Waals surface area (Å²) in [4.78, 5) is 13.8. The predicted octanol–water partition coefficient (Wildman–Crippen LogP) is -1.08. The van der Waals surface area contributed by atoms with Gasteiger partial charge in [0.05, 0.1) is 12.7 Å². The van der Waals surface area contributed by atoms with Crippen LogP contribution in [-0.4, -0.2) is 59.0 Å². The SMILES string of the molecule is CC(CN(C)C)NC(=O)c1cn(CCN)nn1. The van der Waals surface area contributed by atoms with Gasteiger partial charge in [0, 0.05) is 19.1 Å². The predicted molar refractivity (Wildman–Crippen MR) is 64.6 cm³/mol. The van der Waals surface area contributed by atoms with Crippen LogP contribution in [0.25, 0.3) is 0 Å². The van der Waals surface area contributed by atoms with E-state index in [-0.39, 0.29) is 11.9 Å². The quantitative estimate of drug-likeness (QED) is 0.660. The molecule has 96 valence electrons. The third-order valence-corrected chi connectivity index (χ3v) is 2.15. The van der Waals surface area contributed by atoms with Crippen LogP contribution < -0.4 is 11.1 Å². The molecule has 0 aromatic carbocycles. The van der Waals surface area contributed by atoms with Gasteiger partial charge in [0.25, 0.3) is 5.91 Å². The van der Waals surface area contributed by atoms with Crippen molar-refractivity contribution in [3.63, 3.8) is 0 Å². The normalized spacial score (nSPS) is 12.8. The van der Waals surface area contributed by atoms with Gasteiger partial charge in [-0.25, -0.2) is 0 Å². The number of nitrogens with two attached hydrogens (primary N) is 1. The second-order valence-electron chi connectivity index (χ2n) is 4.29. The molecule has 3 N–H and O–H groups in total. The van der Waals surface area contributed by atoms with E-state index in [1.54, 1.807) is 10.9 Å². The maximum atomic E-state index is 11.8. The molecule has 7 nitrogen and oxygen atoms in total. The first-order valence-electron chi connectivity index (χ1n) is 5.58. The zero-order chi connectivity index (χ0) is 12.8. The molecule has 0 aliphatic carbocycles. The Hall–Kier alpha value is -1.47. The maximum Gasteiger partial charge on any atom is 0.273 e. The number of aromatic nitrogens is 3. The van der Waals surface area contributed by atoms with Gasteiger partial charge in [0.1, 0.15) is 0 Å². The molecule has 17 heavy (non-hydrogen) atoms. The number of nitrogens with one attached hydrogen (secondary N) is 1. The molecule has 1 aromatic rings. The van der Waals surface area contributed by atoms with Gasteiger partial charge in [0.15, 0.2) is 5.69 Å². The minimum Gasteiger partial charge on any atom is -0.347 e. The highest BCUT2D eigenvalue weighted by Gasteiger charge is 2.13. The number of nitrogens with zero attached hydrogens (tertiary/aromatic N) is 4. The maximum absolute atomic E-state index is 11.8. The van der Waals surface area contributed by atoms with E-state index in [2.05, 4.69) is 15.6 Å². The fourth-order valence-corrected chi connectivity index (χ4v) is 1.54. The third kappa shape index (κ3) is 4.49. The Kier molecular flexibility index (Phi) is 5.05. The van der Waals surface area contributed by atoms with E-state index in [0.717, 1.165) is 6.54 Å². The van der Waals surface area contributed by atoms with E-state index < -0.39 is 0 Å². The zero-order valence-corrected chi connectivity index (χ0v) is 10.6. The summed E-state index contributed by atoms with van der Waals surface area (Å²) in [5.74, 6) is -0.206. The highest BCUT2D eigenvalue weighted by atomic mass is 16.2. The largest absolute Gasteiger partial charge is 0.347 e. The molecule has 1 amide bonds. The molecule has 0 aliphatic rings. The van der Waals surface area contributed by atoms with Crippen LogP contribution >= 0.6 is 0 Å². The standard InChI is InChI=1S/C10H20N6O/c1-8(6-15(2)3)12-10(17)9-7-16(5-4-11)14-13-9/h7-8H,4-6,11H2,1-3H3,(H,12,17). The van der Waals surface area contributed by atoms with Crippen LogP contribution in [0.15, 0.2) is 6.20 Å². The van der Waals surface area contributed by atoms with Crippen molar-refractivity contribution in [2.75, 3.05) is 27.2 Å². The molecule has 0 saturated heterocycles. The van der Waals surface area contributed by atoms with Crippen LogP contribution in [0.3, 0.4) is 0 Å². The minimum atomic E-state index is -0.206. The van der Waals surface area contributed by atoms with Gasteiger partial charge in [-0.3, -0.25) is 9.48 Å². The molecule has 1 rings (SSSR count). The summed E-state index contributed by atoms with van der Waals surface area (Å²) in [7, 11) is 3.92. The van der Waals surface area contributed by atoms with Crippen LogP contribution in [-0.2, 0) is 6.54 Å². The molecule has 1 aromatic heterocycles. The number of hydrogen-bond donors (Lipinski definition) is 2. The van der Waals surface area contributed by atoms with Gasteiger partial charge in [0.2, 0.25) is 0 Å². The molecule has 0 bridgehead atoms. The van der Waals surface area contributed by atoms with Gasteiger partial charge in [-0.05, 0) is 21.0 Å². The summed E-state index contributed by atoms with van der Waals surface area (Å²) < 4.78 is 1.56. The smallest absolute Gasteiger partial charge is 0.273 e.